The molecule has 1 aromatic heterocycles. The predicted octanol–water partition coefficient (Wildman–Crippen LogP) is 3.21. The summed E-state index contributed by atoms with van der Waals surface area (Å²) in [5, 5.41) is 7.93. The van der Waals surface area contributed by atoms with Crippen molar-refractivity contribution in [3.05, 3.63) is 53.9 Å². The minimum Gasteiger partial charge on any atom is -0.313 e. The molecule has 106 valence electrons. The van der Waals surface area contributed by atoms with E-state index in [1.165, 1.54) is 36.8 Å². The maximum atomic E-state index is 4.43. The van der Waals surface area contributed by atoms with Gasteiger partial charge in [0.05, 0.1) is 12.7 Å². The molecule has 1 saturated carbocycles. The van der Waals surface area contributed by atoms with E-state index in [4.69, 9.17) is 0 Å². The predicted molar refractivity (Wildman–Crippen MR) is 81.4 cm³/mol. The zero-order valence-corrected chi connectivity index (χ0v) is 12.0. The second kappa shape index (κ2) is 6.71. The molecule has 1 aliphatic carbocycles. The molecule has 0 aliphatic heterocycles. The van der Waals surface area contributed by atoms with Crippen LogP contribution in [-0.4, -0.2) is 16.3 Å². The van der Waals surface area contributed by atoms with Gasteiger partial charge in [0.15, 0.2) is 0 Å². The standard InChI is InChI=1S/C17H23N3/c1-2-5-16(6-3-1)13-20-14-17(12-19-20)11-18-10-4-7-15-8-9-15/h1-3,5-6,12,14-15,18H,4,7-11,13H2. The third kappa shape index (κ3) is 4.20. The van der Waals surface area contributed by atoms with Crippen molar-refractivity contribution in [2.24, 2.45) is 5.92 Å². The molecule has 1 N–H and O–H groups in total. The highest BCUT2D eigenvalue weighted by Gasteiger charge is 2.19. The number of nitrogens with zero attached hydrogens (tertiary/aromatic N) is 2. The number of rotatable bonds is 8. The van der Waals surface area contributed by atoms with Crippen molar-refractivity contribution in [3.8, 4) is 0 Å². The topological polar surface area (TPSA) is 29.9 Å². The number of nitrogens with one attached hydrogen (secondary N) is 1. The molecule has 0 amide bonds. The van der Waals surface area contributed by atoms with Crippen LogP contribution in [0.3, 0.4) is 0 Å². The van der Waals surface area contributed by atoms with Crippen molar-refractivity contribution in [2.75, 3.05) is 6.54 Å². The fourth-order valence-corrected chi connectivity index (χ4v) is 2.51. The van der Waals surface area contributed by atoms with Gasteiger partial charge in [-0.15, -0.1) is 0 Å². The largest absolute Gasteiger partial charge is 0.313 e. The zero-order chi connectivity index (χ0) is 13.6. The lowest BCUT2D eigenvalue weighted by atomic mass is 10.2. The molecule has 3 rings (SSSR count). The molecule has 0 atom stereocenters. The number of benzene rings is 1. The van der Waals surface area contributed by atoms with Crippen molar-refractivity contribution in [1.82, 2.24) is 15.1 Å². The summed E-state index contributed by atoms with van der Waals surface area (Å²) in [6.07, 6.45) is 9.75. The summed E-state index contributed by atoms with van der Waals surface area (Å²) < 4.78 is 2.01. The maximum Gasteiger partial charge on any atom is 0.0659 e. The molecule has 0 bridgehead atoms. The van der Waals surface area contributed by atoms with Gasteiger partial charge in [0.1, 0.15) is 0 Å². The van der Waals surface area contributed by atoms with Crippen molar-refractivity contribution in [1.29, 1.82) is 0 Å². The van der Waals surface area contributed by atoms with Gasteiger partial charge >= 0.3 is 0 Å². The van der Waals surface area contributed by atoms with Crippen molar-refractivity contribution in [3.63, 3.8) is 0 Å². The second-order valence-corrected chi connectivity index (χ2v) is 5.79. The third-order valence-corrected chi connectivity index (χ3v) is 3.87. The lowest BCUT2D eigenvalue weighted by Gasteiger charge is -2.02. The fourth-order valence-electron chi connectivity index (χ4n) is 2.51. The molecule has 3 heteroatoms. The van der Waals surface area contributed by atoms with Gasteiger partial charge < -0.3 is 5.32 Å². The van der Waals surface area contributed by atoms with E-state index in [-0.39, 0.29) is 0 Å². The van der Waals surface area contributed by atoms with E-state index >= 15 is 0 Å². The Hall–Kier alpha value is -1.61. The van der Waals surface area contributed by atoms with Crippen LogP contribution in [0.15, 0.2) is 42.7 Å². The lowest BCUT2D eigenvalue weighted by molar-refractivity contribution is 0.593. The van der Waals surface area contributed by atoms with Crippen LogP contribution in [0.1, 0.15) is 36.8 Å². The van der Waals surface area contributed by atoms with Gasteiger partial charge in [0.2, 0.25) is 0 Å². The minimum absolute atomic E-state index is 0.850. The Bertz CT molecular complexity index is 514. The van der Waals surface area contributed by atoms with Gasteiger partial charge in [-0.05, 0) is 30.9 Å². The highest BCUT2D eigenvalue weighted by atomic mass is 15.3. The molecule has 0 radical (unpaired) electrons. The molecule has 20 heavy (non-hydrogen) atoms. The van der Waals surface area contributed by atoms with Crippen molar-refractivity contribution < 1.29 is 0 Å². The smallest absolute Gasteiger partial charge is 0.0659 e. The van der Waals surface area contributed by atoms with Gasteiger partial charge in [-0.2, -0.15) is 5.10 Å². The first-order valence-electron chi connectivity index (χ1n) is 7.66. The molecular weight excluding hydrogens is 246 g/mol. The van der Waals surface area contributed by atoms with E-state index in [1.807, 2.05) is 16.9 Å². The van der Waals surface area contributed by atoms with Crippen LogP contribution >= 0.6 is 0 Å². The lowest BCUT2D eigenvalue weighted by Crippen LogP contribution is -2.14. The van der Waals surface area contributed by atoms with E-state index < -0.39 is 0 Å². The molecule has 1 fully saturated rings. The summed E-state index contributed by atoms with van der Waals surface area (Å²) in [6, 6.07) is 10.5. The van der Waals surface area contributed by atoms with E-state index in [0.29, 0.717) is 0 Å². The van der Waals surface area contributed by atoms with E-state index in [0.717, 1.165) is 25.6 Å². The van der Waals surface area contributed by atoms with E-state index in [1.54, 1.807) is 0 Å². The Morgan fingerprint density at radius 3 is 2.80 bits per heavy atom. The number of aromatic nitrogens is 2. The van der Waals surface area contributed by atoms with Gasteiger partial charge in [0, 0.05) is 18.3 Å². The molecule has 3 nitrogen and oxygen atoms in total. The monoisotopic (exact) mass is 269 g/mol. The van der Waals surface area contributed by atoms with Crippen LogP contribution in [0, 0.1) is 5.92 Å². The maximum absolute atomic E-state index is 4.43. The normalized spacial score (nSPS) is 14.6. The van der Waals surface area contributed by atoms with Crippen LogP contribution < -0.4 is 5.32 Å². The molecule has 0 saturated heterocycles. The van der Waals surface area contributed by atoms with Gasteiger partial charge in [0.25, 0.3) is 0 Å². The molecule has 1 aliphatic rings. The first-order chi connectivity index (χ1) is 9.90. The fraction of sp³-hybridized carbons (Fsp3) is 0.471. The summed E-state index contributed by atoms with van der Waals surface area (Å²) in [5.41, 5.74) is 2.56. The Labute approximate surface area is 121 Å². The molecule has 2 aromatic rings. The minimum atomic E-state index is 0.850. The van der Waals surface area contributed by atoms with Crippen LogP contribution in [0.5, 0.6) is 0 Å². The first-order valence-corrected chi connectivity index (χ1v) is 7.66. The zero-order valence-electron chi connectivity index (χ0n) is 12.0. The molecule has 1 heterocycles. The second-order valence-electron chi connectivity index (χ2n) is 5.79. The Morgan fingerprint density at radius 1 is 1.15 bits per heavy atom. The molecular formula is C17H23N3. The highest BCUT2D eigenvalue weighted by molar-refractivity contribution is 5.15. The summed E-state index contributed by atoms with van der Waals surface area (Å²) in [5.74, 6) is 1.05. The summed E-state index contributed by atoms with van der Waals surface area (Å²) in [7, 11) is 0. The SMILES string of the molecule is c1ccc(Cn2cc(CNCCCC3CC3)cn2)cc1. The van der Waals surface area contributed by atoms with Crippen LogP contribution in [-0.2, 0) is 13.1 Å². The first kappa shape index (κ1) is 13.4. The number of hydrogen-bond donors (Lipinski definition) is 1. The number of hydrogen-bond acceptors (Lipinski definition) is 2. The third-order valence-electron chi connectivity index (χ3n) is 3.87. The van der Waals surface area contributed by atoms with Crippen molar-refractivity contribution >= 4 is 0 Å². The Balaban J connectivity index is 1.39. The molecule has 1 aromatic carbocycles. The highest BCUT2D eigenvalue weighted by Crippen LogP contribution is 2.33. The van der Waals surface area contributed by atoms with Crippen LogP contribution in [0.2, 0.25) is 0 Å². The molecule has 0 spiro atoms. The van der Waals surface area contributed by atoms with Crippen molar-refractivity contribution in [2.45, 2.75) is 38.8 Å². The quantitative estimate of drug-likeness (QED) is 0.746. The summed E-state index contributed by atoms with van der Waals surface area (Å²) in [6.45, 7) is 2.91. The average Bonchev–Trinajstić information content (AvgIpc) is 3.19. The van der Waals surface area contributed by atoms with Crippen LogP contribution in [0.4, 0.5) is 0 Å². The van der Waals surface area contributed by atoms with E-state index in [9.17, 15) is 0 Å². The summed E-state index contributed by atoms with van der Waals surface area (Å²) in [4.78, 5) is 0. The summed E-state index contributed by atoms with van der Waals surface area (Å²) >= 11 is 0. The average molecular weight is 269 g/mol. The Kier molecular flexibility index (Phi) is 4.49. The van der Waals surface area contributed by atoms with Gasteiger partial charge in [-0.25, -0.2) is 0 Å². The molecule has 0 unspecified atom stereocenters. The van der Waals surface area contributed by atoms with Crippen LogP contribution in [0.25, 0.3) is 0 Å². The van der Waals surface area contributed by atoms with Gasteiger partial charge in [-0.1, -0.05) is 43.2 Å². The Morgan fingerprint density at radius 2 is 2.00 bits per heavy atom. The van der Waals surface area contributed by atoms with E-state index in [2.05, 4.69) is 40.9 Å². The van der Waals surface area contributed by atoms with Gasteiger partial charge in [-0.3, -0.25) is 4.68 Å².